The number of rotatable bonds is 24. The summed E-state index contributed by atoms with van der Waals surface area (Å²) in [6, 6.07) is 25.0. The van der Waals surface area contributed by atoms with Crippen LogP contribution in [0.5, 0.6) is 11.5 Å². The number of nitrogens with one attached hydrogen (secondary N) is 1. The Hall–Kier alpha value is -3.70. The van der Waals surface area contributed by atoms with Gasteiger partial charge in [0.25, 0.3) is 8.53 Å². The zero-order valence-corrected chi connectivity index (χ0v) is 35.8. The molecule has 0 aromatic heterocycles. The van der Waals surface area contributed by atoms with Crippen LogP contribution in [0.2, 0.25) is 0 Å². The molecule has 320 valence electrons. The summed E-state index contributed by atoms with van der Waals surface area (Å²) < 4.78 is 78.2. The minimum atomic E-state index is -4.89. The van der Waals surface area contributed by atoms with E-state index in [4.69, 9.17) is 42.4 Å². The number of amides is 1. The second-order valence-corrected chi connectivity index (χ2v) is 16.4. The van der Waals surface area contributed by atoms with Crippen molar-refractivity contribution >= 4 is 22.3 Å². The topological polar surface area (TPSA) is 92.1 Å². The molecule has 15 heteroatoms. The van der Waals surface area contributed by atoms with E-state index in [0.29, 0.717) is 30.8 Å². The van der Waals surface area contributed by atoms with E-state index in [1.807, 2.05) is 84.2 Å². The van der Waals surface area contributed by atoms with E-state index < -0.39 is 44.4 Å². The van der Waals surface area contributed by atoms with Crippen molar-refractivity contribution in [3.05, 3.63) is 107 Å². The second kappa shape index (κ2) is 23.3. The van der Waals surface area contributed by atoms with Crippen LogP contribution in [-0.2, 0) is 28.9 Å². The highest BCUT2D eigenvalue weighted by molar-refractivity contribution is 7.44. The number of benzene rings is 3. The highest BCUT2D eigenvalue weighted by Gasteiger charge is 2.48. The number of carbonyl (C=O) groups is 1. The molecule has 10 nitrogen and oxygen atoms in total. The molecule has 59 heavy (non-hydrogen) atoms. The van der Waals surface area contributed by atoms with Crippen molar-refractivity contribution in [1.82, 2.24) is 9.99 Å². The van der Waals surface area contributed by atoms with Gasteiger partial charge >= 0.3 is 12.1 Å². The molecule has 3 aromatic carbocycles. The SMILES string of the molecule is [B][C@@H]1O[C@H](COC(c2ccccc2)(c2ccc(OC)cc2)c2ccc(OC)cc2)C(OP(OCC[N+]#[C-])N(C(C)C)C(C)C)[C@@H]1CCCCCCCNC(=O)C(F)(F)F. The van der Waals surface area contributed by atoms with Gasteiger partial charge in [-0.15, -0.1) is 0 Å². The molecule has 1 aliphatic heterocycles. The Labute approximate surface area is 350 Å². The van der Waals surface area contributed by atoms with Gasteiger partial charge in [-0.1, -0.05) is 80.3 Å². The Morgan fingerprint density at radius 2 is 1.41 bits per heavy atom. The van der Waals surface area contributed by atoms with Gasteiger partial charge in [0.05, 0.1) is 26.9 Å². The Morgan fingerprint density at radius 3 is 1.93 bits per heavy atom. The first-order chi connectivity index (χ1) is 28.3. The molecule has 0 bridgehead atoms. The molecule has 2 unspecified atom stereocenters. The Morgan fingerprint density at radius 1 is 0.864 bits per heavy atom. The zero-order valence-electron chi connectivity index (χ0n) is 35.0. The van der Waals surface area contributed by atoms with Crippen molar-refractivity contribution in [2.75, 3.05) is 40.5 Å². The maximum absolute atomic E-state index is 12.6. The predicted octanol–water partition coefficient (Wildman–Crippen LogP) is 9.21. The minimum Gasteiger partial charge on any atom is -0.497 e. The van der Waals surface area contributed by atoms with Gasteiger partial charge in [-0.2, -0.15) is 13.2 Å². The van der Waals surface area contributed by atoms with Gasteiger partial charge < -0.3 is 38.2 Å². The van der Waals surface area contributed by atoms with Crippen molar-refractivity contribution in [3.63, 3.8) is 0 Å². The molecule has 1 heterocycles. The number of carbonyl (C=O) groups excluding carboxylic acids is 1. The van der Waals surface area contributed by atoms with E-state index in [-0.39, 0.29) is 44.3 Å². The molecule has 1 amide bonds. The van der Waals surface area contributed by atoms with Crippen LogP contribution in [0.3, 0.4) is 0 Å². The Bertz CT molecular complexity index is 1680. The van der Waals surface area contributed by atoms with Gasteiger partial charge in [-0.3, -0.25) is 4.79 Å². The number of hydrogen-bond donors (Lipinski definition) is 1. The number of nitrogens with zero attached hydrogens (tertiary/aromatic N) is 2. The minimum absolute atomic E-state index is 0.0337. The summed E-state index contributed by atoms with van der Waals surface area (Å²) in [6.45, 7) is 16.1. The van der Waals surface area contributed by atoms with Gasteiger partial charge in [0.15, 0.2) is 0 Å². The Kier molecular flexibility index (Phi) is 19.0. The lowest BCUT2D eigenvalue weighted by molar-refractivity contribution is -0.173. The Balaban J connectivity index is 1.66. The van der Waals surface area contributed by atoms with E-state index in [9.17, 15) is 18.0 Å². The molecule has 0 spiro atoms. The molecular formula is C44H58BF3N3O7P. The largest absolute Gasteiger partial charge is 0.497 e. The summed E-state index contributed by atoms with van der Waals surface area (Å²) in [7, 11) is 8.41. The molecule has 1 fully saturated rings. The summed E-state index contributed by atoms with van der Waals surface area (Å²) in [4.78, 5) is 14.7. The van der Waals surface area contributed by atoms with Crippen LogP contribution in [0, 0.1) is 12.5 Å². The van der Waals surface area contributed by atoms with E-state index >= 15 is 0 Å². The van der Waals surface area contributed by atoms with Crippen LogP contribution in [0.1, 0.15) is 82.9 Å². The summed E-state index contributed by atoms with van der Waals surface area (Å²) >= 11 is 0. The number of alkyl halides is 3. The third kappa shape index (κ3) is 13.1. The normalized spacial score (nSPS) is 18.9. The lowest BCUT2D eigenvalue weighted by Crippen LogP contribution is -2.41. The van der Waals surface area contributed by atoms with Gasteiger partial charge in [0.2, 0.25) is 6.54 Å². The average molecular weight is 840 g/mol. The van der Waals surface area contributed by atoms with E-state index in [2.05, 4.69) is 37.2 Å². The second-order valence-electron chi connectivity index (χ2n) is 15.0. The first kappa shape index (κ1) is 48.0. The van der Waals surface area contributed by atoms with Gasteiger partial charge in [-0.25, -0.2) is 11.2 Å². The van der Waals surface area contributed by atoms with Crippen LogP contribution < -0.4 is 14.8 Å². The molecule has 1 N–H and O–H groups in total. The summed E-state index contributed by atoms with van der Waals surface area (Å²) in [5.74, 6) is -0.769. The molecule has 3 aromatic rings. The fourth-order valence-corrected chi connectivity index (χ4v) is 9.26. The van der Waals surface area contributed by atoms with Crippen LogP contribution in [0.15, 0.2) is 78.9 Å². The van der Waals surface area contributed by atoms with Crippen LogP contribution >= 0.6 is 8.53 Å². The maximum Gasteiger partial charge on any atom is 0.471 e. The third-order valence-corrected chi connectivity index (χ3v) is 12.4. The lowest BCUT2D eigenvalue weighted by atomic mass is 9.79. The van der Waals surface area contributed by atoms with Crippen molar-refractivity contribution < 1.29 is 46.0 Å². The maximum atomic E-state index is 12.6. The molecule has 0 aliphatic carbocycles. The number of halogens is 3. The van der Waals surface area contributed by atoms with Gasteiger partial charge in [0.1, 0.15) is 37.7 Å². The molecular weight excluding hydrogens is 781 g/mol. The van der Waals surface area contributed by atoms with Crippen molar-refractivity contribution in [2.45, 2.75) is 108 Å². The van der Waals surface area contributed by atoms with Crippen molar-refractivity contribution in [2.24, 2.45) is 5.92 Å². The predicted molar refractivity (Wildman–Crippen MR) is 224 cm³/mol. The number of hydrogen-bond acceptors (Lipinski definition) is 8. The first-order valence-corrected chi connectivity index (χ1v) is 21.4. The summed E-state index contributed by atoms with van der Waals surface area (Å²) in [5, 5.41) is 1.93. The van der Waals surface area contributed by atoms with E-state index in [0.717, 1.165) is 36.0 Å². The van der Waals surface area contributed by atoms with Gasteiger partial charge in [0, 0.05) is 30.5 Å². The molecule has 1 aliphatic rings. The van der Waals surface area contributed by atoms with Gasteiger partial charge in [-0.05, 0) is 81.5 Å². The fraction of sp³-hybridized carbons (Fsp3) is 0.545. The van der Waals surface area contributed by atoms with Crippen molar-refractivity contribution in [1.29, 1.82) is 0 Å². The zero-order chi connectivity index (χ0) is 43.0. The highest BCUT2D eigenvalue weighted by atomic mass is 31.2. The monoisotopic (exact) mass is 839 g/mol. The highest BCUT2D eigenvalue weighted by Crippen LogP contribution is 2.51. The van der Waals surface area contributed by atoms with Crippen molar-refractivity contribution in [3.8, 4) is 11.5 Å². The molecule has 4 rings (SSSR count). The van der Waals surface area contributed by atoms with E-state index in [1.54, 1.807) is 14.2 Å². The van der Waals surface area contributed by atoms with E-state index in [1.165, 1.54) is 0 Å². The average Bonchev–Trinajstić information content (AvgIpc) is 3.51. The number of unbranched alkanes of at least 4 members (excludes halogenated alkanes) is 4. The van der Waals surface area contributed by atoms with Crippen LogP contribution in [0.4, 0.5) is 13.2 Å². The number of ether oxygens (including phenoxy) is 4. The quantitative estimate of drug-likeness (QED) is 0.0314. The third-order valence-electron chi connectivity index (χ3n) is 10.3. The fourth-order valence-electron chi connectivity index (χ4n) is 7.46. The number of methoxy groups -OCH3 is 2. The molecule has 1 saturated heterocycles. The summed E-state index contributed by atoms with van der Waals surface area (Å²) in [5.41, 5.74) is 1.49. The lowest BCUT2D eigenvalue weighted by Gasteiger charge is -2.39. The first-order valence-electron chi connectivity index (χ1n) is 20.2. The smallest absolute Gasteiger partial charge is 0.471 e. The summed E-state index contributed by atoms with van der Waals surface area (Å²) in [6.07, 6.45) is -1.96. The van der Waals surface area contributed by atoms with Crippen LogP contribution in [0.25, 0.3) is 4.85 Å². The molecule has 0 saturated carbocycles. The molecule has 5 atom stereocenters. The standard InChI is InChI=1S/C44H58BF3N3O7P/c1-31(2)51(32(3)4)59(56-29-28-49-5)58-40-38(18-14-9-8-10-15-27-50-42(52)44(46,47)48)41(45)57-39(40)30-55-43(33-16-12-11-13-17-33,34-19-23-36(53-6)24-20-34)35-21-25-37(54-7)26-22-35/h11-13,16-17,19-26,31-32,38-41H,8-10,14-15,18,27-30H2,1-4,6-7H3,(H,50,52)/t38-,39+,40?,41+,59?/m0/s1. The van der Waals surface area contributed by atoms with Crippen LogP contribution in [-0.4, -0.2) is 95.4 Å². The molecule has 2 radical (unpaired) electrons.